The molecule has 0 aliphatic carbocycles. The van der Waals surface area contributed by atoms with Crippen molar-refractivity contribution in [3.8, 4) is 0 Å². The first-order chi connectivity index (χ1) is 7.50. The van der Waals surface area contributed by atoms with Crippen LogP contribution in [0.3, 0.4) is 0 Å². The van der Waals surface area contributed by atoms with E-state index in [2.05, 4.69) is 5.32 Å². The molecule has 2 amide bonds. The van der Waals surface area contributed by atoms with Crippen LogP contribution in [0.1, 0.15) is 12.8 Å². The fourth-order valence-corrected chi connectivity index (χ4v) is 1.69. The number of carbonyl (C=O) groups is 2. The molecule has 0 bridgehead atoms. The number of alkyl halides is 2. The summed E-state index contributed by atoms with van der Waals surface area (Å²) in [5, 5.41) is 10.8. The van der Waals surface area contributed by atoms with Crippen LogP contribution >= 0.6 is 0 Å². The smallest absolute Gasteiger partial charge is 0.407 e. The second kappa shape index (κ2) is 5.62. The van der Waals surface area contributed by atoms with E-state index in [1.807, 2.05) is 0 Å². The average Bonchev–Trinajstić information content (AvgIpc) is 2.26. The number of amides is 2. The fourth-order valence-electron chi connectivity index (χ4n) is 1.69. The van der Waals surface area contributed by atoms with Gasteiger partial charge in [0.05, 0.1) is 12.5 Å². The van der Waals surface area contributed by atoms with Crippen molar-refractivity contribution in [1.82, 2.24) is 10.2 Å². The number of nitrogens with zero attached hydrogens (tertiary/aromatic N) is 1. The van der Waals surface area contributed by atoms with Crippen LogP contribution in [0, 0.1) is 5.92 Å². The molecular formula is C9H14F2N2O3. The Kier molecular flexibility index (Phi) is 4.45. The van der Waals surface area contributed by atoms with E-state index in [-0.39, 0.29) is 6.54 Å². The van der Waals surface area contributed by atoms with Crippen LogP contribution < -0.4 is 5.32 Å². The summed E-state index contributed by atoms with van der Waals surface area (Å²) in [5.74, 6) is -1.00. The second-order valence-corrected chi connectivity index (χ2v) is 3.70. The Hall–Kier alpha value is -1.40. The Morgan fingerprint density at radius 3 is 2.75 bits per heavy atom. The zero-order chi connectivity index (χ0) is 12.1. The van der Waals surface area contributed by atoms with Crippen LogP contribution in [-0.2, 0) is 4.79 Å². The van der Waals surface area contributed by atoms with Gasteiger partial charge in [-0.2, -0.15) is 0 Å². The number of carbonyl (C=O) groups excluding carboxylic acids is 1. The molecule has 0 spiro atoms. The van der Waals surface area contributed by atoms with E-state index in [0.29, 0.717) is 19.4 Å². The SMILES string of the molecule is O=C(NCC(F)F)[C@H]1CCCN(C(=O)O)C1. The Morgan fingerprint density at radius 2 is 2.19 bits per heavy atom. The maximum Gasteiger partial charge on any atom is 0.407 e. The van der Waals surface area contributed by atoms with Crippen molar-refractivity contribution in [2.75, 3.05) is 19.6 Å². The second-order valence-electron chi connectivity index (χ2n) is 3.70. The van der Waals surface area contributed by atoms with Crippen LogP contribution in [0.5, 0.6) is 0 Å². The standard InChI is InChI=1S/C9H14F2N2O3/c10-7(11)4-12-8(14)6-2-1-3-13(5-6)9(15)16/h6-7H,1-5H2,(H,12,14)(H,15,16)/t6-/m0/s1. The van der Waals surface area contributed by atoms with Gasteiger partial charge in [0.1, 0.15) is 0 Å². The third kappa shape index (κ3) is 3.63. The van der Waals surface area contributed by atoms with Crippen LogP contribution in [-0.4, -0.2) is 48.1 Å². The molecule has 16 heavy (non-hydrogen) atoms. The Balaban J connectivity index is 2.41. The molecule has 1 aliphatic heterocycles. The third-order valence-corrected chi connectivity index (χ3v) is 2.49. The van der Waals surface area contributed by atoms with Gasteiger partial charge in [0.15, 0.2) is 0 Å². The molecule has 92 valence electrons. The number of hydrogen-bond donors (Lipinski definition) is 2. The zero-order valence-electron chi connectivity index (χ0n) is 8.66. The van der Waals surface area contributed by atoms with Crippen LogP contribution in [0.25, 0.3) is 0 Å². The van der Waals surface area contributed by atoms with Gasteiger partial charge >= 0.3 is 6.09 Å². The summed E-state index contributed by atoms with van der Waals surface area (Å²) in [6, 6.07) is 0. The normalized spacial score (nSPS) is 20.9. The number of rotatable bonds is 3. The molecule has 0 aromatic carbocycles. The number of likely N-dealkylation sites (tertiary alicyclic amines) is 1. The van der Waals surface area contributed by atoms with Crippen molar-refractivity contribution in [2.24, 2.45) is 5.92 Å². The van der Waals surface area contributed by atoms with Gasteiger partial charge in [-0.15, -0.1) is 0 Å². The molecule has 5 nitrogen and oxygen atoms in total. The van der Waals surface area contributed by atoms with Crippen LogP contribution in [0.15, 0.2) is 0 Å². The molecule has 1 aliphatic rings. The molecule has 0 aromatic heterocycles. The number of nitrogens with one attached hydrogen (secondary N) is 1. The van der Waals surface area contributed by atoms with Crippen molar-refractivity contribution in [3.05, 3.63) is 0 Å². The van der Waals surface area contributed by atoms with Gasteiger partial charge in [-0.3, -0.25) is 4.79 Å². The third-order valence-electron chi connectivity index (χ3n) is 2.49. The Bertz CT molecular complexity index is 273. The summed E-state index contributed by atoms with van der Waals surface area (Å²) in [4.78, 5) is 23.2. The van der Waals surface area contributed by atoms with Gasteiger partial charge < -0.3 is 15.3 Å². The minimum Gasteiger partial charge on any atom is -0.465 e. The summed E-state index contributed by atoms with van der Waals surface area (Å²) in [5.41, 5.74) is 0. The van der Waals surface area contributed by atoms with Crippen molar-refractivity contribution in [2.45, 2.75) is 19.3 Å². The monoisotopic (exact) mass is 236 g/mol. The summed E-state index contributed by atoms with van der Waals surface area (Å²) < 4.78 is 23.7. The van der Waals surface area contributed by atoms with Crippen molar-refractivity contribution in [3.63, 3.8) is 0 Å². The van der Waals surface area contributed by atoms with Gasteiger partial charge in [-0.25, -0.2) is 13.6 Å². The summed E-state index contributed by atoms with van der Waals surface area (Å²) in [6.07, 6.45) is -2.53. The molecule has 0 unspecified atom stereocenters. The number of piperidine rings is 1. The minimum atomic E-state index is -2.58. The van der Waals surface area contributed by atoms with E-state index in [9.17, 15) is 18.4 Å². The minimum absolute atomic E-state index is 0.0877. The van der Waals surface area contributed by atoms with Gasteiger partial charge in [0.2, 0.25) is 5.91 Å². The highest BCUT2D eigenvalue weighted by Gasteiger charge is 2.28. The highest BCUT2D eigenvalue weighted by molar-refractivity contribution is 5.79. The molecule has 1 saturated heterocycles. The van der Waals surface area contributed by atoms with E-state index >= 15 is 0 Å². The Morgan fingerprint density at radius 1 is 1.50 bits per heavy atom. The molecule has 1 rings (SSSR count). The quantitative estimate of drug-likeness (QED) is 0.760. The molecule has 1 heterocycles. The number of carboxylic acid groups (broad SMARTS) is 1. The zero-order valence-corrected chi connectivity index (χ0v) is 8.66. The van der Waals surface area contributed by atoms with E-state index in [1.54, 1.807) is 0 Å². The van der Waals surface area contributed by atoms with E-state index in [1.165, 1.54) is 0 Å². The Labute approximate surface area is 91.4 Å². The van der Waals surface area contributed by atoms with Crippen LogP contribution in [0.4, 0.5) is 13.6 Å². The van der Waals surface area contributed by atoms with Gasteiger partial charge in [-0.1, -0.05) is 0 Å². The van der Waals surface area contributed by atoms with Crippen LogP contribution in [0.2, 0.25) is 0 Å². The lowest BCUT2D eigenvalue weighted by atomic mass is 9.97. The van der Waals surface area contributed by atoms with Crippen molar-refractivity contribution >= 4 is 12.0 Å². The summed E-state index contributed by atoms with van der Waals surface area (Å²) in [6.45, 7) is -0.194. The van der Waals surface area contributed by atoms with E-state index in [0.717, 1.165) is 4.90 Å². The number of hydrogen-bond acceptors (Lipinski definition) is 2. The predicted octanol–water partition coefficient (Wildman–Crippen LogP) is 0.758. The van der Waals surface area contributed by atoms with Crippen molar-refractivity contribution < 1.29 is 23.5 Å². The lowest BCUT2D eigenvalue weighted by Gasteiger charge is -2.29. The molecule has 0 aromatic rings. The molecule has 0 radical (unpaired) electrons. The lowest BCUT2D eigenvalue weighted by molar-refractivity contribution is -0.127. The topological polar surface area (TPSA) is 69.6 Å². The summed E-state index contributed by atoms with van der Waals surface area (Å²) in [7, 11) is 0. The van der Waals surface area contributed by atoms with Crippen molar-refractivity contribution in [1.29, 1.82) is 0 Å². The molecule has 2 N–H and O–H groups in total. The first-order valence-electron chi connectivity index (χ1n) is 5.04. The maximum atomic E-state index is 11.8. The predicted molar refractivity (Wildman–Crippen MR) is 51.3 cm³/mol. The van der Waals surface area contributed by atoms with Gasteiger partial charge in [-0.05, 0) is 12.8 Å². The molecule has 1 atom stereocenters. The fraction of sp³-hybridized carbons (Fsp3) is 0.778. The molecule has 1 fully saturated rings. The highest BCUT2D eigenvalue weighted by Crippen LogP contribution is 2.16. The van der Waals surface area contributed by atoms with E-state index in [4.69, 9.17) is 5.11 Å². The van der Waals surface area contributed by atoms with Gasteiger partial charge in [0, 0.05) is 13.1 Å². The molecule has 7 heteroatoms. The summed E-state index contributed by atoms with van der Waals surface area (Å²) >= 11 is 0. The molecular weight excluding hydrogens is 222 g/mol. The molecule has 0 saturated carbocycles. The highest BCUT2D eigenvalue weighted by atomic mass is 19.3. The largest absolute Gasteiger partial charge is 0.465 e. The van der Waals surface area contributed by atoms with Gasteiger partial charge in [0.25, 0.3) is 6.43 Å². The first kappa shape index (κ1) is 12.7. The maximum absolute atomic E-state index is 11.8. The number of halogens is 2. The van der Waals surface area contributed by atoms with E-state index < -0.39 is 30.9 Å². The first-order valence-corrected chi connectivity index (χ1v) is 5.04. The lowest BCUT2D eigenvalue weighted by Crippen LogP contribution is -2.45. The average molecular weight is 236 g/mol.